The van der Waals surface area contributed by atoms with Crippen molar-refractivity contribution in [3.05, 3.63) is 59.7 Å². The molecule has 0 aliphatic carbocycles. The molecule has 0 radical (unpaired) electrons. The molecule has 4 nitrogen and oxygen atoms in total. The average Bonchev–Trinajstić information content (AvgIpc) is 2.46. The fraction of sp³-hybridized carbons (Fsp3) is 0.188. The highest BCUT2D eigenvalue weighted by atomic mass is 32.2. The zero-order valence-corrected chi connectivity index (χ0v) is 14.0. The van der Waals surface area contributed by atoms with Crippen LogP contribution in [-0.4, -0.2) is 26.8 Å². The third-order valence-electron chi connectivity index (χ3n) is 2.97. The van der Waals surface area contributed by atoms with E-state index in [1.54, 1.807) is 36.0 Å². The van der Waals surface area contributed by atoms with Gasteiger partial charge in [0.25, 0.3) is 5.91 Å². The third-order valence-corrected chi connectivity index (χ3v) is 4.63. The van der Waals surface area contributed by atoms with Crippen LogP contribution in [0.4, 0.5) is 5.69 Å². The largest absolute Gasteiger partial charge is 0.321 e. The Labute approximate surface area is 134 Å². The summed E-state index contributed by atoms with van der Waals surface area (Å²) >= 11 is 1.55. The highest BCUT2D eigenvalue weighted by Crippen LogP contribution is 2.25. The lowest BCUT2D eigenvalue weighted by atomic mass is 10.1. The Bertz CT molecular complexity index is 785. The summed E-state index contributed by atoms with van der Waals surface area (Å²) in [5.74, 6) is -0.327. The molecule has 22 heavy (non-hydrogen) atoms. The van der Waals surface area contributed by atoms with Gasteiger partial charge >= 0.3 is 0 Å². The molecule has 2 rings (SSSR count). The zero-order chi connectivity index (χ0) is 16.2. The van der Waals surface area contributed by atoms with Gasteiger partial charge in [-0.25, -0.2) is 8.42 Å². The van der Waals surface area contributed by atoms with Crippen LogP contribution >= 0.6 is 11.8 Å². The van der Waals surface area contributed by atoms with E-state index in [9.17, 15) is 13.2 Å². The summed E-state index contributed by atoms with van der Waals surface area (Å²) in [5, 5.41) is 2.86. The second kappa shape index (κ2) is 6.98. The molecule has 116 valence electrons. The van der Waals surface area contributed by atoms with E-state index in [0.29, 0.717) is 11.1 Å². The highest BCUT2D eigenvalue weighted by molar-refractivity contribution is 7.98. The number of anilines is 1. The van der Waals surface area contributed by atoms with Crippen LogP contribution in [0.5, 0.6) is 0 Å². The lowest BCUT2D eigenvalue weighted by molar-refractivity contribution is 0.102. The summed E-state index contributed by atoms with van der Waals surface area (Å²) in [5.41, 5.74) is 1.79. The minimum atomic E-state index is -3.12. The van der Waals surface area contributed by atoms with Gasteiger partial charge in [-0.15, -0.1) is 11.8 Å². The minimum absolute atomic E-state index is 0.0739. The van der Waals surface area contributed by atoms with E-state index in [1.807, 2.05) is 30.5 Å². The normalized spacial score (nSPS) is 11.2. The minimum Gasteiger partial charge on any atom is -0.321 e. The number of rotatable bonds is 5. The van der Waals surface area contributed by atoms with Crippen molar-refractivity contribution in [2.24, 2.45) is 0 Å². The van der Waals surface area contributed by atoms with E-state index in [1.165, 1.54) is 6.26 Å². The molecule has 0 atom stereocenters. The Morgan fingerprint density at radius 2 is 1.86 bits per heavy atom. The van der Waals surface area contributed by atoms with Crippen LogP contribution in [0.2, 0.25) is 0 Å². The van der Waals surface area contributed by atoms with E-state index >= 15 is 0 Å². The number of thioether (sulfide) groups is 1. The molecule has 0 aromatic heterocycles. The van der Waals surface area contributed by atoms with Crippen LogP contribution in [0, 0.1) is 0 Å². The van der Waals surface area contributed by atoms with E-state index in [-0.39, 0.29) is 11.7 Å². The maximum Gasteiger partial charge on any atom is 0.255 e. The highest BCUT2D eigenvalue weighted by Gasteiger charge is 2.11. The maximum absolute atomic E-state index is 12.3. The van der Waals surface area contributed by atoms with E-state index < -0.39 is 9.84 Å². The van der Waals surface area contributed by atoms with Gasteiger partial charge in [0, 0.05) is 16.7 Å². The first kappa shape index (κ1) is 16.6. The van der Waals surface area contributed by atoms with Gasteiger partial charge < -0.3 is 5.32 Å². The summed E-state index contributed by atoms with van der Waals surface area (Å²) in [6.45, 7) is 0. The molecule has 2 aromatic carbocycles. The molecule has 6 heteroatoms. The van der Waals surface area contributed by atoms with Gasteiger partial charge in [-0.1, -0.05) is 24.3 Å². The van der Waals surface area contributed by atoms with E-state index in [2.05, 4.69) is 5.32 Å². The molecule has 2 aromatic rings. The number of nitrogens with one attached hydrogen (secondary N) is 1. The van der Waals surface area contributed by atoms with Gasteiger partial charge in [0.15, 0.2) is 9.84 Å². The maximum atomic E-state index is 12.3. The fourth-order valence-corrected chi connectivity index (χ4v) is 3.39. The molecule has 1 N–H and O–H groups in total. The number of hydrogen-bond donors (Lipinski definition) is 1. The number of sulfone groups is 1. The van der Waals surface area contributed by atoms with Crippen LogP contribution in [-0.2, 0) is 15.6 Å². The summed E-state index contributed by atoms with van der Waals surface area (Å²) in [4.78, 5) is 13.3. The van der Waals surface area contributed by atoms with Crippen molar-refractivity contribution in [3.8, 4) is 0 Å². The third kappa shape index (κ3) is 4.61. The number of carbonyl (C=O) groups is 1. The fourth-order valence-electron chi connectivity index (χ4n) is 2.05. The number of para-hydroxylation sites is 1. The molecule has 0 aliphatic heterocycles. The molecule has 0 saturated heterocycles. The Morgan fingerprint density at radius 3 is 2.55 bits per heavy atom. The number of amides is 1. The van der Waals surface area contributed by atoms with Crippen molar-refractivity contribution in [2.75, 3.05) is 17.8 Å². The van der Waals surface area contributed by atoms with Crippen molar-refractivity contribution in [1.82, 2.24) is 0 Å². The average molecular weight is 335 g/mol. The van der Waals surface area contributed by atoms with Gasteiger partial charge in [0.2, 0.25) is 0 Å². The molecule has 0 saturated carbocycles. The first-order valence-electron chi connectivity index (χ1n) is 6.60. The number of benzene rings is 2. The predicted molar refractivity (Wildman–Crippen MR) is 91.2 cm³/mol. The molecule has 1 amide bonds. The van der Waals surface area contributed by atoms with Crippen LogP contribution < -0.4 is 5.32 Å². The number of hydrogen-bond acceptors (Lipinski definition) is 4. The van der Waals surface area contributed by atoms with E-state index in [0.717, 1.165) is 10.6 Å². The van der Waals surface area contributed by atoms with Crippen molar-refractivity contribution in [1.29, 1.82) is 0 Å². The van der Waals surface area contributed by atoms with Crippen LogP contribution in [0.1, 0.15) is 15.9 Å². The Kier molecular flexibility index (Phi) is 5.26. The molecular weight excluding hydrogens is 318 g/mol. The van der Waals surface area contributed by atoms with E-state index in [4.69, 9.17) is 0 Å². The van der Waals surface area contributed by atoms with Gasteiger partial charge in [0.05, 0.1) is 11.4 Å². The molecule has 0 spiro atoms. The number of carbonyl (C=O) groups excluding carboxylic acids is 1. The van der Waals surface area contributed by atoms with Crippen molar-refractivity contribution < 1.29 is 13.2 Å². The topological polar surface area (TPSA) is 63.2 Å². The van der Waals surface area contributed by atoms with Crippen molar-refractivity contribution in [2.45, 2.75) is 10.6 Å². The van der Waals surface area contributed by atoms with Crippen molar-refractivity contribution >= 4 is 33.2 Å². The van der Waals surface area contributed by atoms with Gasteiger partial charge in [-0.2, -0.15) is 0 Å². The van der Waals surface area contributed by atoms with Crippen LogP contribution in [0.15, 0.2) is 53.4 Å². The summed E-state index contributed by atoms with van der Waals surface area (Å²) in [6, 6.07) is 14.2. The van der Waals surface area contributed by atoms with Gasteiger partial charge in [-0.3, -0.25) is 4.79 Å². The Balaban J connectivity index is 2.21. The monoisotopic (exact) mass is 335 g/mol. The first-order valence-corrected chi connectivity index (χ1v) is 9.88. The Morgan fingerprint density at radius 1 is 1.14 bits per heavy atom. The predicted octanol–water partition coefficient (Wildman–Crippen LogP) is 3.21. The summed E-state index contributed by atoms with van der Waals surface area (Å²) in [7, 11) is -3.12. The van der Waals surface area contributed by atoms with Gasteiger partial charge in [-0.05, 0) is 36.1 Å². The lowest BCUT2D eigenvalue weighted by Gasteiger charge is -2.10. The molecule has 0 bridgehead atoms. The van der Waals surface area contributed by atoms with Gasteiger partial charge in [0.1, 0.15) is 0 Å². The summed E-state index contributed by atoms with van der Waals surface area (Å²) in [6.07, 6.45) is 3.12. The lowest BCUT2D eigenvalue weighted by Crippen LogP contribution is -2.13. The molecule has 0 fully saturated rings. The molecule has 0 unspecified atom stereocenters. The van der Waals surface area contributed by atoms with Crippen LogP contribution in [0.3, 0.4) is 0 Å². The molecule has 0 aliphatic rings. The SMILES string of the molecule is CSc1ccccc1NC(=O)c1cccc(CS(C)(=O)=O)c1. The first-order chi connectivity index (χ1) is 10.4. The Hall–Kier alpha value is -1.79. The second-order valence-corrected chi connectivity index (χ2v) is 7.91. The molecule has 0 heterocycles. The standard InChI is InChI=1S/C16H17NO3S2/c1-21-15-9-4-3-8-14(15)17-16(18)13-7-5-6-12(10-13)11-22(2,19)20/h3-10H,11H2,1-2H3,(H,17,18). The zero-order valence-electron chi connectivity index (χ0n) is 12.4. The van der Waals surface area contributed by atoms with Crippen LogP contribution in [0.25, 0.3) is 0 Å². The smallest absolute Gasteiger partial charge is 0.255 e. The molecular formula is C16H17NO3S2. The summed E-state index contributed by atoms with van der Waals surface area (Å²) < 4.78 is 22.7. The van der Waals surface area contributed by atoms with Crippen molar-refractivity contribution in [3.63, 3.8) is 0 Å². The quantitative estimate of drug-likeness (QED) is 0.852. The second-order valence-electron chi connectivity index (χ2n) is 4.92.